The monoisotopic (exact) mass is 418 g/mol. The van der Waals surface area contributed by atoms with Crippen molar-refractivity contribution in [3.05, 3.63) is 66.0 Å². The summed E-state index contributed by atoms with van der Waals surface area (Å²) in [6.07, 6.45) is 5.22. The Morgan fingerprint density at radius 1 is 1.19 bits per heavy atom. The van der Waals surface area contributed by atoms with Gasteiger partial charge in [0.25, 0.3) is 0 Å². The summed E-state index contributed by atoms with van der Waals surface area (Å²) < 4.78 is 15.5. The molecule has 5 rings (SSSR count). The SMILES string of the molecule is Cc1nc(N2CCC(C(=O)NCc3cnc4ccccn34)CC2)nc2ccc(F)cc12. The highest BCUT2D eigenvalue weighted by molar-refractivity contribution is 5.82. The van der Waals surface area contributed by atoms with Gasteiger partial charge in [0.15, 0.2) is 0 Å². The first kappa shape index (κ1) is 19.4. The zero-order valence-corrected chi connectivity index (χ0v) is 17.3. The van der Waals surface area contributed by atoms with Crippen LogP contribution in [0.25, 0.3) is 16.6 Å². The molecule has 1 aromatic carbocycles. The van der Waals surface area contributed by atoms with Crippen molar-refractivity contribution in [1.29, 1.82) is 0 Å². The van der Waals surface area contributed by atoms with Crippen molar-refractivity contribution in [3.63, 3.8) is 0 Å². The summed E-state index contributed by atoms with van der Waals surface area (Å²) in [5, 5.41) is 3.78. The predicted molar refractivity (Wildman–Crippen MR) is 116 cm³/mol. The van der Waals surface area contributed by atoms with Crippen LogP contribution in [0.4, 0.5) is 10.3 Å². The number of amides is 1. The molecule has 0 aliphatic carbocycles. The number of carbonyl (C=O) groups excluding carboxylic acids is 1. The number of pyridine rings is 1. The van der Waals surface area contributed by atoms with Gasteiger partial charge in [0.1, 0.15) is 11.5 Å². The molecule has 1 amide bonds. The van der Waals surface area contributed by atoms with Gasteiger partial charge in [0.05, 0.1) is 29.6 Å². The Morgan fingerprint density at radius 3 is 2.87 bits per heavy atom. The highest BCUT2D eigenvalue weighted by Gasteiger charge is 2.26. The highest BCUT2D eigenvalue weighted by atomic mass is 19.1. The van der Waals surface area contributed by atoms with Crippen molar-refractivity contribution < 1.29 is 9.18 Å². The molecular formula is C23H23FN6O. The molecule has 4 aromatic rings. The van der Waals surface area contributed by atoms with Crippen LogP contribution >= 0.6 is 0 Å². The fourth-order valence-electron chi connectivity index (χ4n) is 4.16. The molecule has 1 N–H and O–H groups in total. The van der Waals surface area contributed by atoms with Crippen molar-refractivity contribution in [3.8, 4) is 0 Å². The van der Waals surface area contributed by atoms with Gasteiger partial charge in [-0.15, -0.1) is 0 Å². The molecule has 1 fully saturated rings. The van der Waals surface area contributed by atoms with Crippen LogP contribution in [0.3, 0.4) is 0 Å². The molecule has 1 aliphatic rings. The van der Waals surface area contributed by atoms with Crippen LogP contribution in [0.15, 0.2) is 48.8 Å². The molecule has 0 spiro atoms. The Kier molecular flexibility index (Phi) is 4.97. The molecule has 3 aromatic heterocycles. The van der Waals surface area contributed by atoms with E-state index in [0.29, 0.717) is 25.6 Å². The number of hydrogen-bond donors (Lipinski definition) is 1. The van der Waals surface area contributed by atoms with Gasteiger partial charge in [-0.05, 0) is 50.1 Å². The van der Waals surface area contributed by atoms with Crippen LogP contribution in [-0.4, -0.2) is 38.3 Å². The summed E-state index contributed by atoms with van der Waals surface area (Å²) >= 11 is 0. The third-order valence-corrected chi connectivity index (χ3v) is 5.92. The Balaban J connectivity index is 1.21. The number of aryl methyl sites for hydroxylation is 1. The quantitative estimate of drug-likeness (QED) is 0.551. The standard InChI is InChI=1S/C23H23FN6O/c1-15-19-12-17(24)5-6-20(19)28-23(27-15)29-10-7-16(8-11-29)22(31)26-14-18-13-25-21-4-2-3-9-30(18)21/h2-6,9,12-13,16H,7-8,10-11,14H2,1H3,(H,26,31). The first-order valence-electron chi connectivity index (χ1n) is 10.5. The lowest BCUT2D eigenvalue weighted by molar-refractivity contribution is -0.125. The molecule has 0 unspecified atom stereocenters. The maximum atomic E-state index is 13.5. The zero-order chi connectivity index (χ0) is 21.4. The van der Waals surface area contributed by atoms with E-state index in [0.717, 1.165) is 40.8 Å². The molecule has 31 heavy (non-hydrogen) atoms. The zero-order valence-electron chi connectivity index (χ0n) is 17.3. The number of hydrogen-bond acceptors (Lipinski definition) is 5. The maximum absolute atomic E-state index is 13.5. The number of nitrogens with zero attached hydrogens (tertiary/aromatic N) is 5. The van der Waals surface area contributed by atoms with Crippen molar-refractivity contribution in [2.45, 2.75) is 26.3 Å². The first-order valence-corrected chi connectivity index (χ1v) is 10.5. The second-order valence-electron chi connectivity index (χ2n) is 7.93. The Bertz CT molecular complexity index is 1260. The number of benzene rings is 1. The molecular weight excluding hydrogens is 395 g/mol. The largest absolute Gasteiger partial charge is 0.350 e. The number of aromatic nitrogens is 4. The van der Waals surface area contributed by atoms with Crippen LogP contribution < -0.4 is 10.2 Å². The third-order valence-electron chi connectivity index (χ3n) is 5.92. The van der Waals surface area contributed by atoms with Gasteiger partial charge >= 0.3 is 0 Å². The number of nitrogens with one attached hydrogen (secondary N) is 1. The van der Waals surface area contributed by atoms with Gasteiger partial charge in [-0.25, -0.2) is 19.3 Å². The lowest BCUT2D eigenvalue weighted by Crippen LogP contribution is -2.41. The molecule has 7 nitrogen and oxygen atoms in total. The average Bonchev–Trinajstić information content (AvgIpc) is 3.21. The molecule has 0 atom stereocenters. The van der Waals surface area contributed by atoms with Gasteiger partial charge < -0.3 is 14.6 Å². The number of imidazole rings is 1. The second kappa shape index (κ2) is 7.94. The minimum Gasteiger partial charge on any atom is -0.350 e. The van der Waals surface area contributed by atoms with E-state index in [1.165, 1.54) is 12.1 Å². The summed E-state index contributed by atoms with van der Waals surface area (Å²) in [5.41, 5.74) is 3.32. The normalized spacial score (nSPS) is 15.0. The number of carbonyl (C=O) groups is 1. The lowest BCUT2D eigenvalue weighted by Gasteiger charge is -2.31. The molecule has 1 aliphatic heterocycles. The summed E-state index contributed by atoms with van der Waals surface area (Å²) in [6, 6.07) is 10.4. The van der Waals surface area contributed by atoms with Crippen LogP contribution in [0.2, 0.25) is 0 Å². The molecule has 0 saturated carbocycles. The van der Waals surface area contributed by atoms with Crippen LogP contribution in [0.5, 0.6) is 0 Å². The minimum absolute atomic E-state index is 0.0360. The second-order valence-corrected chi connectivity index (χ2v) is 7.93. The van der Waals surface area contributed by atoms with E-state index >= 15 is 0 Å². The summed E-state index contributed by atoms with van der Waals surface area (Å²) in [4.78, 5) is 28.3. The number of fused-ring (bicyclic) bond motifs is 2. The maximum Gasteiger partial charge on any atom is 0.226 e. The minimum atomic E-state index is -0.289. The third kappa shape index (κ3) is 3.81. The van der Waals surface area contributed by atoms with Gasteiger partial charge in [-0.3, -0.25) is 4.79 Å². The number of rotatable bonds is 4. The van der Waals surface area contributed by atoms with Gasteiger partial charge in [0, 0.05) is 30.6 Å². The van der Waals surface area contributed by atoms with E-state index in [1.54, 1.807) is 12.3 Å². The van der Waals surface area contributed by atoms with Gasteiger partial charge in [-0.2, -0.15) is 0 Å². The van der Waals surface area contributed by atoms with Crippen LogP contribution in [-0.2, 0) is 11.3 Å². The van der Waals surface area contributed by atoms with Gasteiger partial charge in [-0.1, -0.05) is 6.07 Å². The summed E-state index contributed by atoms with van der Waals surface area (Å²) in [6.45, 7) is 3.74. The summed E-state index contributed by atoms with van der Waals surface area (Å²) in [5.74, 6) is 0.381. The van der Waals surface area contributed by atoms with Crippen molar-refractivity contribution >= 4 is 28.4 Å². The van der Waals surface area contributed by atoms with E-state index in [1.807, 2.05) is 35.7 Å². The summed E-state index contributed by atoms with van der Waals surface area (Å²) in [7, 11) is 0. The van der Waals surface area contributed by atoms with Crippen LogP contribution in [0.1, 0.15) is 24.2 Å². The van der Waals surface area contributed by atoms with Gasteiger partial charge in [0.2, 0.25) is 11.9 Å². The van der Waals surface area contributed by atoms with E-state index < -0.39 is 0 Å². The van der Waals surface area contributed by atoms with E-state index in [9.17, 15) is 9.18 Å². The van der Waals surface area contributed by atoms with E-state index in [2.05, 4.69) is 25.2 Å². The highest BCUT2D eigenvalue weighted by Crippen LogP contribution is 2.24. The molecule has 0 radical (unpaired) electrons. The number of anilines is 1. The Labute approximate surface area is 178 Å². The number of piperidine rings is 1. The average molecular weight is 418 g/mol. The fraction of sp³-hybridized carbons (Fsp3) is 0.304. The fourth-order valence-corrected chi connectivity index (χ4v) is 4.16. The first-order chi connectivity index (χ1) is 15.1. The molecule has 158 valence electrons. The number of halogens is 1. The van der Waals surface area contributed by atoms with E-state index in [-0.39, 0.29) is 17.6 Å². The predicted octanol–water partition coefficient (Wildman–Crippen LogP) is 3.26. The van der Waals surface area contributed by atoms with Crippen molar-refractivity contribution in [2.75, 3.05) is 18.0 Å². The molecule has 1 saturated heterocycles. The molecule has 8 heteroatoms. The topological polar surface area (TPSA) is 75.4 Å². The van der Waals surface area contributed by atoms with Crippen LogP contribution in [0, 0.1) is 18.7 Å². The smallest absolute Gasteiger partial charge is 0.226 e. The van der Waals surface area contributed by atoms with E-state index in [4.69, 9.17) is 0 Å². The Morgan fingerprint density at radius 2 is 2.03 bits per heavy atom. The molecule has 0 bridgehead atoms. The van der Waals surface area contributed by atoms with Crippen molar-refractivity contribution in [1.82, 2.24) is 24.7 Å². The molecule has 4 heterocycles. The Hall–Kier alpha value is -3.55. The lowest BCUT2D eigenvalue weighted by atomic mass is 9.96. The van der Waals surface area contributed by atoms with Crippen molar-refractivity contribution in [2.24, 2.45) is 5.92 Å².